The monoisotopic (exact) mass is 568 g/mol. The number of para-hydroxylation sites is 2. The van der Waals surface area contributed by atoms with E-state index in [1.807, 2.05) is 30.3 Å². The first-order valence-corrected chi connectivity index (χ1v) is 11.2. The van der Waals surface area contributed by atoms with Crippen molar-refractivity contribution in [1.82, 2.24) is 10.2 Å². The molecule has 0 aliphatic carbocycles. The van der Waals surface area contributed by atoms with Gasteiger partial charge in [-0.1, -0.05) is 12.1 Å². The second kappa shape index (κ2) is 13.4. The number of halogens is 1. The maximum absolute atomic E-state index is 5.56. The molecule has 0 aromatic heterocycles. The van der Waals surface area contributed by atoms with Crippen LogP contribution < -0.4 is 24.4 Å². The van der Waals surface area contributed by atoms with E-state index in [2.05, 4.69) is 41.2 Å². The molecule has 3 rings (SSSR count). The third-order valence-electron chi connectivity index (χ3n) is 5.81. The van der Waals surface area contributed by atoms with Gasteiger partial charge in [0.1, 0.15) is 17.2 Å². The molecule has 2 aromatic carbocycles. The van der Waals surface area contributed by atoms with Crippen molar-refractivity contribution >= 4 is 35.6 Å². The maximum atomic E-state index is 5.56. The molecule has 182 valence electrons. The van der Waals surface area contributed by atoms with E-state index in [1.165, 1.54) is 0 Å². The zero-order valence-corrected chi connectivity index (χ0v) is 22.7. The molecule has 7 nitrogen and oxygen atoms in total. The molecular formula is C25H37IN4O3. The Balaban J connectivity index is 0.00000385. The summed E-state index contributed by atoms with van der Waals surface area (Å²) in [4.78, 5) is 9.50. The first-order valence-electron chi connectivity index (χ1n) is 11.2. The summed E-state index contributed by atoms with van der Waals surface area (Å²) in [7, 11) is 7.13. The van der Waals surface area contributed by atoms with Crippen molar-refractivity contribution in [2.45, 2.75) is 19.9 Å². The van der Waals surface area contributed by atoms with Crippen LogP contribution in [-0.2, 0) is 6.54 Å². The quantitative estimate of drug-likeness (QED) is 0.277. The van der Waals surface area contributed by atoms with E-state index >= 15 is 0 Å². The van der Waals surface area contributed by atoms with E-state index in [4.69, 9.17) is 19.2 Å². The molecule has 0 radical (unpaired) electrons. The Bertz CT molecular complexity index is 909. The Labute approximate surface area is 215 Å². The van der Waals surface area contributed by atoms with Crippen LogP contribution in [0.1, 0.15) is 18.9 Å². The predicted molar refractivity (Wildman–Crippen MR) is 146 cm³/mol. The molecule has 1 heterocycles. The number of nitrogens with one attached hydrogen (secondary N) is 1. The van der Waals surface area contributed by atoms with Gasteiger partial charge in [0, 0.05) is 51.4 Å². The van der Waals surface area contributed by atoms with E-state index in [0.29, 0.717) is 12.5 Å². The van der Waals surface area contributed by atoms with E-state index in [9.17, 15) is 0 Å². The van der Waals surface area contributed by atoms with Crippen molar-refractivity contribution in [1.29, 1.82) is 0 Å². The first-order chi connectivity index (χ1) is 15.6. The molecular weight excluding hydrogens is 531 g/mol. The highest BCUT2D eigenvalue weighted by Crippen LogP contribution is 2.32. The molecule has 1 atom stereocenters. The number of benzene rings is 2. The van der Waals surface area contributed by atoms with Gasteiger partial charge in [-0.2, -0.15) is 0 Å². The fourth-order valence-electron chi connectivity index (χ4n) is 4.09. The zero-order chi connectivity index (χ0) is 22.9. The van der Waals surface area contributed by atoms with Crippen molar-refractivity contribution in [3.8, 4) is 17.2 Å². The molecule has 0 amide bonds. The van der Waals surface area contributed by atoms with Crippen LogP contribution >= 0.6 is 24.0 Å². The SMILES string of the molecule is CCNC(=NCC1CCN(c2ccccc2OC)C1)N(C)Cc1ccc(OC)cc1OC.I. The molecule has 1 N–H and O–H groups in total. The topological polar surface area (TPSA) is 58.6 Å². The van der Waals surface area contributed by atoms with Crippen molar-refractivity contribution in [3.05, 3.63) is 48.0 Å². The summed E-state index contributed by atoms with van der Waals surface area (Å²) in [6.45, 7) is 6.40. The van der Waals surface area contributed by atoms with Crippen LogP contribution in [0.2, 0.25) is 0 Å². The van der Waals surface area contributed by atoms with Crippen LogP contribution in [0.4, 0.5) is 5.69 Å². The van der Waals surface area contributed by atoms with Gasteiger partial charge in [-0.3, -0.25) is 4.99 Å². The lowest BCUT2D eigenvalue weighted by molar-refractivity contribution is 0.382. The largest absolute Gasteiger partial charge is 0.497 e. The van der Waals surface area contributed by atoms with Gasteiger partial charge in [0.15, 0.2) is 5.96 Å². The van der Waals surface area contributed by atoms with Gasteiger partial charge in [0.05, 0.1) is 27.0 Å². The van der Waals surface area contributed by atoms with Crippen molar-refractivity contribution in [2.75, 3.05) is 59.5 Å². The molecule has 1 fully saturated rings. The minimum absolute atomic E-state index is 0. The standard InChI is InChI=1S/C25H36N4O3.HI/c1-6-26-25(28(2)18-20-11-12-21(30-3)15-24(20)32-5)27-16-19-13-14-29(17-19)22-9-7-8-10-23(22)31-4;/h7-12,15,19H,6,13-14,16-18H2,1-5H3,(H,26,27);1H. The Morgan fingerprint density at radius 1 is 1.09 bits per heavy atom. The fraction of sp³-hybridized carbons (Fsp3) is 0.480. The normalized spacial score (nSPS) is 15.6. The molecule has 0 spiro atoms. The van der Waals surface area contributed by atoms with Crippen molar-refractivity contribution in [2.24, 2.45) is 10.9 Å². The second-order valence-corrected chi connectivity index (χ2v) is 8.00. The van der Waals surface area contributed by atoms with Crippen molar-refractivity contribution in [3.63, 3.8) is 0 Å². The average molecular weight is 569 g/mol. The Hall–Kier alpha value is -2.36. The molecule has 1 aliphatic rings. The summed E-state index contributed by atoms with van der Waals surface area (Å²) in [5.74, 6) is 3.95. The Morgan fingerprint density at radius 2 is 1.85 bits per heavy atom. The summed E-state index contributed by atoms with van der Waals surface area (Å²) < 4.78 is 16.4. The molecule has 2 aromatic rings. The molecule has 1 unspecified atom stereocenters. The highest BCUT2D eigenvalue weighted by Gasteiger charge is 2.24. The number of methoxy groups -OCH3 is 3. The van der Waals surface area contributed by atoms with Crippen LogP contribution in [0.15, 0.2) is 47.5 Å². The third kappa shape index (κ3) is 7.06. The summed E-state index contributed by atoms with van der Waals surface area (Å²) in [5, 5.41) is 3.42. The van der Waals surface area contributed by atoms with Crippen molar-refractivity contribution < 1.29 is 14.2 Å². The van der Waals surface area contributed by atoms with E-state index < -0.39 is 0 Å². The third-order valence-corrected chi connectivity index (χ3v) is 5.81. The van der Waals surface area contributed by atoms with E-state index in [1.54, 1.807) is 21.3 Å². The predicted octanol–water partition coefficient (Wildman–Crippen LogP) is 4.25. The summed E-state index contributed by atoms with van der Waals surface area (Å²) in [5.41, 5.74) is 2.25. The Kier molecular flexibility index (Phi) is 10.9. The molecule has 0 bridgehead atoms. The first kappa shape index (κ1) is 26.9. The van der Waals surface area contributed by atoms with Gasteiger partial charge >= 0.3 is 0 Å². The van der Waals surface area contributed by atoms with Gasteiger partial charge in [0.25, 0.3) is 0 Å². The van der Waals surface area contributed by atoms with Crippen LogP contribution in [0.5, 0.6) is 17.2 Å². The number of hydrogen-bond acceptors (Lipinski definition) is 5. The number of anilines is 1. The maximum Gasteiger partial charge on any atom is 0.193 e. The van der Waals surface area contributed by atoms with Gasteiger partial charge in [-0.15, -0.1) is 24.0 Å². The molecule has 1 aliphatic heterocycles. The lowest BCUT2D eigenvalue weighted by Crippen LogP contribution is -2.39. The molecule has 1 saturated heterocycles. The summed E-state index contributed by atoms with van der Waals surface area (Å²) in [6, 6.07) is 14.1. The molecule has 8 heteroatoms. The van der Waals surface area contributed by atoms with E-state index in [-0.39, 0.29) is 24.0 Å². The van der Waals surface area contributed by atoms with Gasteiger partial charge in [-0.05, 0) is 43.5 Å². The summed E-state index contributed by atoms with van der Waals surface area (Å²) in [6.07, 6.45) is 1.12. The number of nitrogens with zero attached hydrogens (tertiary/aromatic N) is 3. The average Bonchev–Trinajstić information content (AvgIpc) is 3.30. The number of aliphatic imine (C=N–C) groups is 1. The molecule has 0 saturated carbocycles. The van der Waals surface area contributed by atoms with Gasteiger partial charge < -0.3 is 29.3 Å². The van der Waals surface area contributed by atoms with Crippen LogP contribution in [0, 0.1) is 5.92 Å². The lowest BCUT2D eigenvalue weighted by Gasteiger charge is -2.24. The minimum Gasteiger partial charge on any atom is -0.497 e. The number of rotatable bonds is 9. The van der Waals surface area contributed by atoms with E-state index in [0.717, 1.165) is 67.1 Å². The van der Waals surface area contributed by atoms with Gasteiger partial charge in [-0.25, -0.2) is 0 Å². The minimum atomic E-state index is 0. The Morgan fingerprint density at radius 3 is 2.55 bits per heavy atom. The number of ether oxygens (including phenoxy) is 3. The lowest BCUT2D eigenvalue weighted by atomic mass is 10.1. The zero-order valence-electron chi connectivity index (χ0n) is 20.3. The molecule has 33 heavy (non-hydrogen) atoms. The smallest absolute Gasteiger partial charge is 0.193 e. The number of hydrogen-bond donors (Lipinski definition) is 1. The number of guanidine groups is 1. The van der Waals surface area contributed by atoms with Gasteiger partial charge in [0.2, 0.25) is 0 Å². The second-order valence-electron chi connectivity index (χ2n) is 8.00. The van der Waals surface area contributed by atoms with Crippen LogP contribution in [-0.4, -0.2) is 65.4 Å². The fourth-order valence-corrected chi connectivity index (χ4v) is 4.09. The highest BCUT2D eigenvalue weighted by molar-refractivity contribution is 14.0. The highest BCUT2D eigenvalue weighted by atomic mass is 127. The summed E-state index contributed by atoms with van der Waals surface area (Å²) >= 11 is 0. The van der Waals surface area contributed by atoms with Crippen LogP contribution in [0.25, 0.3) is 0 Å². The van der Waals surface area contributed by atoms with Crippen LogP contribution in [0.3, 0.4) is 0 Å².